The van der Waals surface area contributed by atoms with Gasteiger partial charge in [-0.25, -0.2) is 10.3 Å². The topological polar surface area (TPSA) is 87.7 Å². The van der Waals surface area contributed by atoms with Crippen molar-refractivity contribution in [2.75, 3.05) is 13.2 Å². The highest BCUT2D eigenvalue weighted by Gasteiger charge is 2.17. The van der Waals surface area contributed by atoms with Crippen LogP contribution in [0.1, 0.15) is 19.3 Å². The molecule has 0 bridgehead atoms. The van der Waals surface area contributed by atoms with E-state index in [1.54, 1.807) is 0 Å². The maximum atomic E-state index is 11.1. The van der Waals surface area contributed by atoms with Crippen LogP contribution in [0.15, 0.2) is 0 Å². The average Bonchev–Trinajstić information content (AvgIpc) is 2.56. The minimum absolute atomic E-state index is 0.198. The van der Waals surface area contributed by atoms with Gasteiger partial charge in [-0.3, -0.25) is 9.63 Å². The van der Waals surface area contributed by atoms with Crippen molar-refractivity contribution in [1.82, 2.24) is 10.8 Å². The second kappa shape index (κ2) is 5.56. The summed E-state index contributed by atoms with van der Waals surface area (Å²) < 4.78 is 0. The van der Waals surface area contributed by atoms with Crippen molar-refractivity contribution in [3.05, 3.63) is 0 Å². The number of hydrogen-bond acceptors (Lipinski definition) is 4. The van der Waals surface area contributed by atoms with Crippen LogP contribution < -0.4 is 10.8 Å². The molecule has 1 fully saturated rings. The predicted molar refractivity (Wildman–Crippen MR) is 47.4 cm³/mol. The standard InChI is InChI=1S/C8H14N2O4/c11-7(10-14-5-8(12)13)4-6-2-1-3-9-6/h6,9H,1-5H2,(H,10,11)(H,12,13). The maximum Gasteiger partial charge on any atom is 0.332 e. The number of amides is 1. The fourth-order valence-electron chi connectivity index (χ4n) is 1.37. The van der Waals surface area contributed by atoms with Crippen molar-refractivity contribution in [1.29, 1.82) is 0 Å². The quantitative estimate of drug-likeness (QED) is 0.511. The average molecular weight is 202 g/mol. The summed E-state index contributed by atoms with van der Waals surface area (Å²) in [7, 11) is 0. The zero-order valence-corrected chi connectivity index (χ0v) is 7.78. The third kappa shape index (κ3) is 4.20. The molecule has 6 nitrogen and oxygen atoms in total. The molecule has 1 aliphatic heterocycles. The van der Waals surface area contributed by atoms with Crippen molar-refractivity contribution in [3.63, 3.8) is 0 Å². The van der Waals surface area contributed by atoms with E-state index in [0.717, 1.165) is 19.4 Å². The van der Waals surface area contributed by atoms with Gasteiger partial charge in [0.1, 0.15) is 0 Å². The molecule has 0 spiro atoms. The molecule has 1 saturated heterocycles. The first-order chi connectivity index (χ1) is 6.68. The molecule has 0 radical (unpaired) electrons. The van der Waals surface area contributed by atoms with E-state index < -0.39 is 12.6 Å². The summed E-state index contributed by atoms with van der Waals surface area (Å²) in [5, 5.41) is 11.4. The molecule has 1 unspecified atom stereocenters. The van der Waals surface area contributed by atoms with E-state index >= 15 is 0 Å². The monoisotopic (exact) mass is 202 g/mol. The first-order valence-corrected chi connectivity index (χ1v) is 4.54. The van der Waals surface area contributed by atoms with Gasteiger partial charge < -0.3 is 10.4 Å². The van der Waals surface area contributed by atoms with E-state index in [4.69, 9.17) is 5.11 Å². The predicted octanol–water partition coefficient (Wildman–Crippen LogP) is -0.739. The molecule has 3 N–H and O–H groups in total. The Morgan fingerprint density at radius 2 is 2.36 bits per heavy atom. The molecule has 14 heavy (non-hydrogen) atoms. The number of carbonyl (C=O) groups excluding carboxylic acids is 1. The van der Waals surface area contributed by atoms with Gasteiger partial charge in [0.2, 0.25) is 5.91 Å². The van der Waals surface area contributed by atoms with Crippen molar-refractivity contribution in [3.8, 4) is 0 Å². The van der Waals surface area contributed by atoms with Gasteiger partial charge in [-0.1, -0.05) is 0 Å². The summed E-state index contributed by atoms with van der Waals surface area (Å²) in [4.78, 5) is 25.6. The van der Waals surface area contributed by atoms with Gasteiger partial charge in [0.05, 0.1) is 0 Å². The van der Waals surface area contributed by atoms with Crippen LogP contribution in [0, 0.1) is 0 Å². The number of hydroxylamine groups is 1. The highest BCUT2D eigenvalue weighted by Crippen LogP contribution is 2.07. The molecule has 1 amide bonds. The van der Waals surface area contributed by atoms with E-state index in [-0.39, 0.29) is 11.9 Å². The van der Waals surface area contributed by atoms with Crippen molar-refractivity contribution < 1.29 is 19.5 Å². The summed E-state index contributed by atoms with van der Waals surface area (Å²) >= 11 is 0. The highest BCUT2D eigenvalue weighted by molar-refractivity contribution is 5.76. The summed E-state index contributed by atoms with van der Waals surface area (Å²) in [6.45, 7) is 0.428. The minimum Gasteiger partial charge on any atom is -0.479 e. The van der Waals surface area contributed by atoms with E-state index in [0.29, 0.717) is 6.42 Å². The Labute approximate surface area is 81.6 Å². The number of carbonyl (C=O) groups is 2. The van der Waals surface area contributed by atoms with Gasteiger partial charge in [0.25, 0.3) is 0 Å². The van der Waals surface area contributed by atoms with Crippen LogP contribution in [0.25, 0.3) is 0 Å². The zero-order valence-electron chi connectivity index (χ0n) is 7.78. The smallest absolute Gasteiger partial charge is 0.332 e. The van der Waals surface area contributed by atoms with E-state index in [1.165, 1.54) is 0 Å². The van der Waals surface area contributed by atoms with Gasteiger partial charge in [0.15, 0.2) is 6.61 Å². The van der Waals surface area contributed by atoms with Gasteiger partial charge in [0, 0.05) is 12.5 Å². The summed E-state index contributed by atoms with van der Waals surface area (Å²) in [6.07, 6.45) is 2.39. The van der Waals surface area contributed by atoms with Crippen LogP contribution in [0.3, 0.4) is 0 Å². The van der Waals surface area contributed by atoms with Crippen LogP contribution in [0.5, 0.6) is 0 Å². The second-order valence-corrected chi connectivity index (χ2v) is 3.21. The maximum absolute atomic E-state index is 11.1. The Balaban J connectivity index is 2.06. The molecular weight excluding hydrogens is 188 g/mol. The Morgan fingerprint density at radius 3 is 2.93 bits per heavy atom. The normalized spacial score (nSPS) is 20.7. The lowest BCUT2D eigenvalue weighted by Gasteiger charge is -2.09. The van der Waals surface area contributed by atoms with E-state index in [2.05, 4.69) is 15.6 Å². The molecular formula is C8H14N2O4. The van der Waals surface area contributed by atoms with Crippen molar-refractivity contribution >= 4 is 11.9 Å². The Bertz CT molecular complexity index is 213. The SMILES string of the molecule is O=C(O)CONC(=O)CC1CCCN1. The summed E-state index contributed by atoms with van der Waals surface area (Å²) in [5.41, 5.74) is 2.08. The lowest BCUT2D eigenvalue weighted by Crippen LogP contribution is -2.33. The molecule has 0 aromatic carbocycles. The molecule has 0 aromatic heterocycles. The van der Waals surface area contributed by atoms with E-state index in [1.807, 2.05) is 0 Å². The molecule has 1 heterocycles. The molecule has 6 heteroatoms. The largest absolute Gasteiger partial charge is 0.479 e. The number of nitrogens with one attached hydrogen (secondary N) is 2. The molecule has 0 aliphatic carbocycles. The summed E-state index contributed by atoms with van der Waals surface area (Å²) in [6, 6.07) is 0.198. The molecule has 1 aliphatic rings. The third-order valence-electron chi connectivity index (χ3n) is 1.98. The fraction of sp³-hybridized carbons (Fsp3) is 0.750. The van der Waals surface area contributed by atoms with Gasteiger partial charge >= 0.3 is 5.97 Å². The lowest BCUT2D eigenvalue weighted by atomic mass is 10.1. The fourth-order valence-corrected chi connectivity index (χ4v) is 1.37. The van der Waals surface area contributed by atoms with Crippen LogP contribution in [0.4, 0.5) is 0 Å². The van der Waals surface area contributed by atoms with Gasteiger partial charge in [-0.2, -0.15) is 0 Å². The number of rotatable bonds is 5. The van der Waals surface area contributed by atoms with E-state index in [9.17, 15) is 9.59 Å². The highest BCUT2D eigenvalue weighted by atomic mass is 16.7. The second-order valence-electron chi connectivity index (χ2n) is 3.21. The number of carboxylic acids is 1. The molecule has 1 rings (SSSR count). The first-order valence-electron chi connectivity index (χ1n) is 4.54. The Hall–Kier alpha value is -1.14. The number of carboxylic acid groups (broad SMARTS) is 1. The minimum atomic E-state index is -1.11. The number of aliphatic carboxylic acids is 1. The third-order valence-corrected chi connectivity index (χ3v) is 1.98. The molecule has 80 valence electrons. The van der Waals surface area contributed by atoms with Gasteiger partial charge in [-0.15, -0.1) is 0 Å². The molecule has 1 atom stereocenters. The molecule has 0 aromatic rings. The first kappa shape index (κ1) is 10.9. The Morgan fingerprint density at radius 1 is 1.57 bits per heavy atom. The van der Waals surface area contributed by atoms with Crippen LogP contribution in [0.2, 0.25) is 0 Å². The van der Waals surface area contributed by atoms with Crippen LogP contribution in [-0.2, 0) is 14.4 Å². The van der Waals surface area contributed by atoms with Crippen molar-refractivity contribution in [2.24, 2.45) is 0 Å². The van der Waals surface area contributed by atoms with Crippen LogP contribution in [-0.4, -0.2) is 36.2 Å². The Kier molecular flexibility index (Phi) is 4.34. The number of hydrogen-bond donors (Lipinski definition) is 3. The summed E-state index contributed by atoms with van der Waals surface area (Å²) in [5.74, 6) is -1.39. The van der Waals surface area contributed by atoms with Crippen LogP contribution >= 0.6 is 0 Å². The molecule has 0 saturated carbocycles. The lowest BCUT2D eigenvalue weighted by molar-refractivity contribution is -0.149. The van der Waals surface area contributed by atoms with Gasteiger partial charge in [-0.05, 0) is 19.4 Å². The zero-order chi connectivity index (χ0) is 10.4. The van der Waals surface area contributed by atoms with Crippen molar-refractivity contribution in [2.45, 2.75) is 25.3 Å².